The van der Waals surface area contributed by atoms with E-state index in [4.69, 9.17) is 15.3 Å². The number of rotatable bonds is 4. The lowest BCUT2D eigenvalue weighted by atomic mass is 9.73. The summed E-state index contributed by atoms with van der Waals surface area (Å²) in [5, 5.41) is 0. The predicted molar refractivity (Wildman–Crippen MR) is 67.5 cm³/mol. The Morgan fingerprint density at radius 3 is 2.41 bits per heavy atom. The Hall–Kier alpha value is -0.160. The lowest BCUT2D eigenvalue weighted by Gasteiger charge is -2.46. The van der Waals surface area contributed by atoms with Crippen LogP contribution in [0.1, 0.15) is 44.9 Å². The van der Waals surface area contributed by atoms with Crippen molar-refractivity contribution in [2.75, 3.05) is 20.3 Å². The summed E-state index contributed by atoms with van der Waals surface area (Å²) in [5.74, 6) is 6.41. The van der Waals surface area contributed by atoms with Crippen LogP contribution in [0.5, 0.6) is 0 Å². The highest BCUT2D eigenvalue weighted by molar-refractivity contribution is 4.98. The number of hydrogen-bond acceptors (Lipinski definition) is 4. The largest absolute Gasteiger partial charge is 0.381 e. The standard InChI is InChI=1S/C13H26N2O2/c1-16-13(7-3-2-4-8-13)12(15-14)11-5-9-17-10-6-11/h11-12,15H,2-10,14H2,1H3. The second-order valence-electron chi connectivity index (χ2n) is 5.42. The fraction of sp³-hybridized carbons (Fsp3) is 1.00. The summed E-state index contributed by atoms with van der Waals surface area (Å²) in [6.07, 6.45) is 8.31. The van der Waals surface area contributed by atoms with Crippen LogP contribution in [0.4, 0.5) is 0 Å². The molecule has 0 aromatic carbocycles. The van der Waals surface area contributed by atoms with Crippen molar-refractivity contribution < 1.29 is 9.47 Å². The minimum Gasteiger partial charge on any atom is -0.381 e. The van der Waals surface area contributed by atoms with E-state index in [-0.39, 0.29) is 11.6 Å². The monoisotopic (exact) mass is 242 g/mol. The van der Waals surface area contributed by atoms with Gasteiger partial charge in [-0.1, -0.05) is 19.3 Å². The molecule has 4 heteroatoms. The van der Waals surface area contributed by atoms with E-state index in [2.05, 4.69) is 5.43 Å². The fourth-order valence-electron chi connectivity index (χ4n) is 3.56. The van der Waals surface area contributed by atoms with E-state index >= 15 is 0 Å². The summed E-state index contributed by atoms with van der Waals surface area (Å²) in [4.78, 5) is 0. The molecule has 0 bridgehead atoms. The van der Waals surface area contributed by atoms with Crippen LogP contribution in [0, 0.1) is 5.92 Å². The molecule has 17 heavy (non-hydrogen) atoms. The Bertz CT molecular complexity index is 223. The number of nitrogens with one attached hydrogen (secondary N) is 1. The molecule has 0 aromatic heterocycles. The average molecular weight is 242 g/mol. The average Bonchev–Trinajstić information content (AvgIpc) is 2.42. The molecule has 1 aliphatic heterocycles. The quantitative estimate of drug-likeness (QED) is 0.581. The van der Waals surface area contributed by atoms with Gasteiger partial charge in [-0.2, -0.15) is 0 Å². The third-order valence-electron chi connectivity index (χ3n) is 4.59. The number of ether oxygens (including phenoxy) is 2. The Kier molecular flexibility index (Phi) is 4.79. The summed E-state index contributed by atoms with van der Waals surface area (Å²) in [5.41, 5.74) is 3.01. The van der Waals surface area contributed by atoms with Gasteiger partial charge in [0.25, 0.3) is 0 Å². The Labute approximate surface area is 104 Å². The van der Waals surface area contributed by atoms with Gasteiger partial charge in [0.05, 0.1) is 11.6 Å². The zero-order valence-electron chi connectivity index (χ0n) is 10.9. The summed E-state index contributed by atoms with van der Waals surface area (Å²) in [6, 6.07) is 0.275. The third kappa shape index (κ3) is 2.81. The van der Waals surface area contributed by atoms with Gasteiger partial charge in [-0.25, -0.2) is 0 Å². The van der Waals surface area contributed by atoms with Crippen molar-refractivity contribution in [3.05, 3.63) is 0 Å². The van der Waals surface area contributed by atoms with Crippen molar-refractivity contribution in [1.29, 1.82) is 0 Å². The van der Waals surface area contributed by atoms with Gasteiger partial charge in [-0.05, 0) is 31.6 Å². The Morgan fingerprint density at radius 1 is 1.24 bits per heavy atom. The van der Waals surface area contributed by atoms with Gasteiger partial charge >= 0.3 is 0 Å². The minimum atomic E-state index is -0.0466. The molecule has 1 unspecified atom stereocenters. The van der Waals surface area contributed by atoms with E-state index in [1.807, 2.05) is 7.11 Å². The van der Waals surface area contributed by atoms with E-state index in [1.165, 1.54) is 19.3 Å². The van der Waals surface area contributed by atoms with Crippen molar-refractivity contribution in [1.82, 2.24) is 5.43 Å². The first-order valence-electron chi connectivity index (χ1n) is 6.91. The van der Waals surface area contributed by atoms with E-state index in [0.29, 0.717) is 5.92 Å². The third-order valence-corrected chi connectivity index (χ3v) is 4.59. The SMILES string of the molecule is COC1(C(NN)C2CCOCC2)CCCCC1. The Balaban J connectivity index is 2.07. The fourth-order valence-corrected chi connectivity index (χ4v) is 3.56. The van der Waals surface area contributed by atoms with Gasteiger partial charge in [-0.15, -0.1) is 0 Å². The first-order chi connectivity index (χ1) is 8.32. The lowest BCUT2D eigenvalue weighted by molar-refractivity contribution is -0.0934. The molecule has 0 spiro atoms. The van der Waals surface area contributed by atoms with Crippen molar-refractivity contribution in [3.63, 3.8) is 0 Å². The number of hydrogen-bond donors (Lipinski definition) is 2. The lowest BCUT2D eigenvalue weighted by Crippen LogP contribution is -2.59. The molecule has 0 radical (unpaired) electrons. The number of methoxy groups -OCH3 is 1. The van der Waals surface area contributed by atoms with Crippen molar-refractivity contribution in [3.8, 4) is 0 Å². The minimum absolute atomic E-state index is 0.0466. The smallest absolute Gasteiger partial charge is 0.0847 e. The maximum atomic E-state index is 5.90. The summed E-state index contributed by atoms with van der Waals surface area (Å²) < 4.78 is 11.3. The van der Waals surface area contributed by atoms with Gasteiger partial charge in [0.2, 0.25) is 0 Å². The van der Waals surface area contributed by atoms with Gasteiger partial charge < -0.3 is 9.47 Å². The molecule has 100 valence electrons. The predicted octanol–water partition coefficient (Wildman–Crippen LogP) is 1.59. The van der Waals surface area contributed by atoms with Crippen LogP contribution in [0.15, 0.2) is 0 Å². The highest BCUT2D eigenvalue weighted by Crippen LogP contribution is 2.38. The topological polar surface area (TPSA) is 56.5 Å². The first-order valence-corrected chi connectivity index (χ1v) is 6.91. The Morgan fingerprint density at radius 2 is 1.88 bits per heavy atom. The molecule has 2 fully saturated rings. The van der Waals surface area contributed by atoms with Gasteiger partial charge in [0.1, 0.15) is 0 Å². The second kappa shape index (κ2) is 6.14. The molecule has 1 heterocycles. The summed E-state index contributed by atoms with van der Waals surface area (Å²) in [6.45, 7) is 1.73. The molecule has 0 aromatic rings. The molecule has 1 saturated heterocycles. The van der Waals surface area contributed by atoms with Crippen LogP contribution >= 0.6 is 0 Å². The molecule has 1 saturated carbocycles. The van der Waals surface area contributed by atoms with Gasteiger partial charge in [-0.3, -0.25) is 11.3 Å². The molecule has 4 nitrogen and oxygen atoms in total. The normalized spacial score (nSPS) is 27.9. The number of nitrogens with two attached hydrogens (primary N) is 1. The van der Waals surface area contributed by atoms with Crippen molar-refractivity contribution in [2.45, 2.75) is 56.6 Å². The molecule has 0 amide bonds. The zero-order chi connectivity index (χ0) is 12.1. The molecule has 1 aliphatic carbocycles. The zero-order valence-corrected chi connectivity index (χ0v) is 10.9. The van der Waals surface area contributed by atoms with E-state index in [0.717, 1.165) is 38.9 Å². The van der Waals surface area contributed by atoms with E-state index in [9.17, 15) is 0 Å². The molecule has 1 atom stereocenters. The van der Waals surface area contributed by atoms with Crippen molar-refractivity contribution >= 4 is 0 Å². The van der Waals surface area contributed by atoms with Crippen LogP contribution < -0.4 is 11.3 Å². The first kappa shape index (κ1) is 13.3. The number of hydrazine groups is 1. The highest BCUT2D eigenvalue weighted by atomic mass is 16.5. The maximum Gasteiger partial charge on any atom is 0.0847 e. The van der Waals surface area contributed by atoms with E-state index < -0.39 is 0 Å². The van der Waals surface area contributed by atoms with Crippen LogP contribution in [-0.4, -0.2) is 32.0 Å². The van der Waals surface area contributed by atoms with Crippen LogP contribution in [0.25, 0.3) is 0 Å². The second-order valence-corrected chi connectivity index (χ2v) is 5.42. The molecule has 3 N–H and O–H groups in total. The highest BCUT2D eigenvalue weighted by Gasteiger charge is 2.43. The molecule has 2 aliphatic rings. The van der Waals surface area contributed by atoms with Crippen LogP contribution in [-0.2, 0) is 9.47 Å². The molecular weight excluding hydrogens is 216 g/mol. The van der Waals surface area contributed by atoms with Crippen LogP contribution in [0.2, 0.25) is 0 Å². The van der Waals surface area contributed by atoms with Crippen molar-refractivity contribution in [2.24, 2.45) is 11.8 Å². The van der Waals surface area contributed by atoms with Gasteiger partial charge in [0.15, 0.2) is 0 Å². The molecule has 2 rings (SSSR count). The summed E-state index contributed by atoms with van der Waals surface area (Å²) in [7, 11) is 1.84. The summed E-state index contributed by atoms with van der Waals surface area (Å²) >= 11 is 0. The van der Waals surface area contributed by atoms with Crippen LogP contribution in [0.3, 0.4) is 0 Å². The maximum absolute atomic E-state index is 5.90. The molecular formula is C13H26N2O2. The van der Waals surface area contributed by atoms with E-state index in [1.54, 1.807) is 0 Å². The van der Waals surface area contributed by atoms with Gasteiger partial charge in [0, 0.05) is 20.3 Å².